The van der Waals surface area contributed by atoms with Gasteiger partial charge in [0.1, 0.15) is 0 Å². The van der Waals surface area contributed by atoms with Crippen LogP contribution in [0, 0.1) is 0 Å². The van der Waals surface area contributed by atoms with E-state index in [1.807, 2.05) is 12.2 Å². The highest BCUT2D eigenvalue weighted by molar-refractivity contribution is 6.32. The van der Waals surface area contributed by atoms with E-state index in [1.54, 1.807) is 6.20 Å². The van der Waals surface area contributed by atoms with Gasteiger partial charge < -0.3 is 5.73 Å². The van der Waals surface area contributed by atoms with E-state index >= 15 is 0 Å². The second kappa shape index (κ2) is 15.3. The fourth-order valence-electron chi connectivity index (χ4n) is 9.09. The van der Waals surface area contributed by atoms with Crippen LogP contribution in [-0.2, 0) is 0 Å². The normalized spacial score (nSPS) is 11.9. The molecule has 0 radical (unpaired) electrons. The van der Waals surface area contributed by atoms with Crippen molar-refractivity contribution >= 4 is 37.9 Å². The van der Waals surface area contributed by atoms with E-state index in [2.05, 4.69) is 213 Å². The first-order chi connectivity index (χ1) is 29.2. The van der Waals surface area contributed by atoms with Crippen molar-refractivity contribution in [3.63, 3.8) is 0 Å². The van der Waals surface area contributed by atoms with Crippen LogP contribution in [0.15, 0.2) is 231 Å². The van der Waals surface area contributed by atoms with Gasteiger partial charge in [0.05, 0.1) is 0 Å². The van der Waals surface area contributed by atoms with Crippen LogP contribution in [-0.4, -0.2) is 0 Å². The standard InChI is InChI=1S/C58H41N/c1-2-39(25-18-36-59)53-37-54(46-29-15-12-26-43(46)40-19-6-3-7-20-40)50-34-35-52-56(48-31-17-14-28-45(48)42-23-10-5-11-24-42)38-55(51-33-32-49(53)57(50)58(51)52)47-30-16-13-27-44(47)41-21-8-4-9-22-41/h2-38H,1,59H2/b36-18-,39-25+. The minimum atomic E-state index is 1.01. The zero-order valence-corrected chi connectivity index (χ0v) is 32.6. The summed E-state index contributed by atoms with van der Waals surface area (Å²) < 4.78 is 0. The van der Waals surface area contributed by atoms with Crippen molar-refractivity contribution in [1.29, 1.82) is 0 Å². The molecule has 0 fully saturated rings. The Labute approximate surface area is 345 Å². The monoisotopic (exact) mass is 751 g/mol. The van der Waals surface area contributed by atoms with Crippen LogP contribution >= 0.6 is 0 Å². The first-order valence-corrected chi connectivity index (χ1v) is 20.2. The van der Waals surface area contributed by atoms with Gasteiger partial charge >= 0.3 is 0 Å². The summed E-state index contributed by atoms with van der Waals surface area (Å²) in [6.07, 6.45) is 7.49. The molecule has 0 heterocycles. The smallest absolute Gasteiger partial charge is 0.00139 e. The van der Waals surface area contributed by atoms with E-state index in [1.165, 1.54) is 99.1 Å². The molecule has 0 aliphatic heterocycles. The number of nitrogens with two attached hydrogens (primary N) is 1. The largest absolute Gasteiger partial charge is 0.405 e. The summed E-state index contributed by atoms with van der Waals surface area (Å²) in [4.78, 5) is 0. The molecule has 2 N–H and O–H groups in total. The van der Waals surface area contributed by atoms with E-state index in [9.17, 15) is 0 Å². The minimum absolute atomic E-state index is 1.01. The molecular weight excluding hydrogens is 711 g/mol. The van der Waals surface area contributed by atoms with Crippen LogP contribution in [0.5, 0.6) is 0 Å². The molecule has 10 rings (SSSR count). The lowest BCUT2D eigenvalue weighted by Gasteiger charge is -2.23. The first-order valence-electron chi connectivity index (χ1n) is 20.2. The fourth-order valence-corrected chi connectivity index (χ4v) is 9.09. The van der Waals surface area contributed by atoms with Gasteiger partial charge in [-0.25, -0.2) is 0 Å². The summed E-state index contributed by atoms with van der Waals surface area (Å²) in [6.45, 7) is 4.31. The number of hydrogen-bond donors (Lipinski definition) is 1. The van der Waals surface area contributed by atoms with Crippen LogP contribution in [0.1, 0.15) is 5.56 Å². The quantitative estimate of drug-likeness (QED) is 0.115. The van der Waals surface area contributed by atoms with E-state index in [0.717, 1.165) is 11.1 Å². The molecule has 1 heteroatoms. The Morgan fingerprint density at radius 1 is 0.356 bits per heavy atom. The van der Waals surface area contributed by atoms with E-state index in [0.29, 0.717) is 0 Å². The maximum atomic E-state index is 5.94. The van der Waals surface area contributed by atoms with Gasteiger partial charge in [0.15, 0.2) is 0 Å². The lowest BCUT2D eigenvalue weighted by molar-refractivity contribution is 1.58. The van der Waals surface area contributed by atoms with Gasteiger partial charge in [0, 0.05) is 0 Å². The Hall–Kier alpha value is -7.74. The fraction of sp³-hybridized carbons (Fsp3) is 0. The van der Waals surface area contributed by atoms with Crippen molar-refractivity contribution in [2.45, 2.75) is 0 Å². The second-order valence-electron chi connectivity index (χ2n) is 15.0. The van der Waals surface area contributed by atoms with Gasteiger partial charge in [-0.15, -0.1) is 0 Å². The summed E-state index contributed by atoms with van der Waals surface area (Å²) in [5, 5.41) is 7.29. The van der Waals surface area contributed by atoms with Crippen LogP contribution in [0.3, 0.4) is 0 Å². The molecule has 0 bridgehead atoms. The van der Waals surface area contributed by atoms with Gasteiger partial charge in [-0.1, -0.05) is 207 Å². The van der Waals surface area contributed by atoms with Gasteiger partial charge in [0.2, 0.25) is 0 Å². The number of allylic oxidation sites excluding steroid dienone is 4. The van der Waals surface area contributed by atoms with Gasteiger partial charge in [-0.3, -0.25) is 0 Å². The van der Waals surface area contributed by atoms with E-state index in [-0.39, 0.29) is 0 Å². The molecule has 0 aliphatic rings. The maximum absolute atomic E-state index is 5.94. The molecular formula is C58H41N. The van der Waals surface area contributed by atoms with Gasteiger partial charge in [0.25, 0.3) is 0 Å². The van der Waals surface area contributed by atoms with Crippen LogP contribution < -0.4 is 5.73 Å². The molecule has 59 heavy (non-hydrogen) atoms. The molecule has 1 nitrogen and oxygen atoms in total. The maximum Gasteiger partial charge on any atom is -0.00139 e. The van der Waals surface area contributed by atoms with Crippen molar-refractivity contribution in [2.75, 3.05) is 0 Å². The van der Waals surface area contributed by atoms with E-state index < -0.39 is 0 Å². The Kier molecular flexibility index (Phi) is 9.25. The zero-order valence-electron chi connectivity index (χ0n) is 32.6. The molecule has 0 aromatic heterocycles. The van der Waals surface area contributed by atoms with Gasteiger partial charge in [-0.05, 0) is 135 Å². The van der Waals surface area contributed by atoms with Crippen molar-refractivity contribution in [1.82, 2.24) is 0 Å². The molecule has 0 unspecified atom stereocenters. The lowest BCUT2D eigenvalue weighted by atomic mass is 9.80. The average molecular weight is 752 g/mol. The highest BCUT2D eigenvalue weighted by Crippen LogP contribution is 2.50. The third-order valence-electron chi connectivity index (χ3n) is 11.7. The molecule has 0 aliphatic carbocycles. The lowest BCUT2D eigenvalue weighted by Crippen LogP contribution is -1.97. The number of benzene rings is 10. The highest BCUT2D eigenvalue weighted by atomic mass is 14.5. The number of rotatable bonds is 9. The SMILES string of the molecule is C=C/C(=C\C=C/N)c1cc(-c2ccccc2-c2ccccc2)c2ccc3c(-c4ccccc4-c4ccccc4)cc(-c4ccccc4-c4ccccc4)c4ccc1c2c43. The molecule has 0 saturated carbocycles. The molecule has 10 aromatic rings. The zero-order chi connectivity index (χ0) is 39.7. The average Bonchev–Trinajstić information content (AvgIpc) is 3.32. The molecule has 10 aromatic carbocycles. The highest BCUT2D eigenvalue weighted by Gasteiger charge is 2.23. The topological polar surface area (TPSA) is 26.0 Å². The summed E-state index contributed by atoms with van der Waals surface area (Å²) in [6, 6.07) is 72.9. The Balaban J connectivity index is 1.39. The summed E-state index contributed by atoms with van der Waals surface area (Å²) >= 11 is 0. The first kappa shape index (κ1) is 35.7. The third-order valence-corrected chi connectivity index (χ3v) is 11.7. The third kappa shape index (κ3) is 6.21. The predicted octanol–water partition coefficient (Wildman–Crippen LogP) is 15.6. The molecule has 0 atom stereocenters. The summed E-state index contributed by atoms with van der Waals surface area (Å²) in [5.74, 6) is 0. The van der Waals surface area contributed by atoms with E-state index in [4.69, 9.17) is 5.73 Å². The minimum Gasteiger partial charge on any atom is -0.405 e. The van der Waals surface area contributed by atoms with Crippen molar-refractivity contribution in [3.05, 3.63) is 237 Å². The predicted molar refractivity (Wildman–Crippen MR) is 254 cm³/mol. The van der Waals surface area contributed by atoms with Gasteiger partial charge in [-0.2, -0.15) is 0 Å². The molecule has 0 spiro atoms. The number of hydrogen-bond acceptors (Lipinski definition) is 1. The molecule has 0 amide bonds. The van der Waals surface area contributed by atoms with Crippen LogP contribution in [0.4, 0.5) is 0 Å². The van der Waals surface area contributed by atoms with Crippen molar-refractivity contribution in [2.24, 2.45) is 5.73 Å². The molecule has 0 saturated heterocycles. The Bertz CT molecular complexity index is 3100. The Morgan fingerprint density at radius 3 is 1.08 bits per heavy atom. The van der Waals surface area contributed by atoms with Crippen LogP contribution in [0.2, 0.25) is 0 Å². The summed E-state index contributed by atoms with van der Waals surface area (Å²) in [7, 11) is 0. The van der Waals surface area contributed by atoms with Crippen molar-refractivity contribution < 1.29 is 0 Å². The second-order valence-corrected chi connectivity index (χ2v) is 15.0. The van der Waals surface area contributed by atoms with Crippen molar-refractivity contribution in [3.8, 4) is 66.8 Å². The summed E-state index contributed by atoms with van der Waals surface area (Å²) in [5.41, 5.74) is 22.4. The molecule has 278 valence electrons. The Morgan fingerprint density at radius 2 is 0.695 bits per heavy atom. The van der Waals surface area contributed by atoms with Crippen LogP contribution in [0.25, 0.3) is 105 Å².